The van der Waals surface area contributed by atoms with Gasteiger partial charge in [0.1, 0.15) is 0 Å². The normalized spacial score (nSPS) is 14.3. The Balaban J connectivity index is 0.995. The van der Waals surface area contributed by atoms with Gasteiger partial charge in [-0.05, 0) is 124 Å². The summed E-state index contributed by atoms with van der Waals surface area (Å²) >= 11 is 5.48. The number of sulfonamides is 1. The predicted octanol–water partition coefficient (Wildman–Crippen LogP) is 9.14. The second-order valence-corrected chi connectivity index (χ2v) is 19.6. The summed E-state index contributed by atoms with van der Waals surface area (Å²) in [5.41, 5.74) is 15.6. The van der Waals surface area contributed by atoms with Gasteiger partial charge >= 0.3 is 0 Å². The smallest absolute Gasteiger partial charge is 0.261 e. The second kappa shape index (κ2) is 19.4. The maximum absolute atomic E-state index is 13.6. The molecule has 7 rings (SSSR count). The third kappa shape index (κ3) is 10.6. The molecule has 2 atom stereocenters. The first kappa shape index (κ1) is 44.1. The molecule has 11 nitrogen and oxygen atoms in total. The van der Waals surface area contributed by atoms with Crippen LogP contribution in [0.25, 0.3) is 22.4 Å². The summed E-state index contributed by atoms with van der Waals surface area (Å²) in [4.78, 5) is 7.78. The van der Waals surface area contributed by atoms with Gasteiger partial charge in [0, 0.05) is 83.3 Å². The largest absolute Gasteiger partial charge is 0.397 e. The Morgan fingerprint density at radius 1 is 0.852 bits per heavy atom. The lowest BCUT2D eigenvalue weighted by Gasteiger charge is -2.37. The minimum absolute atomic E-state index is 0.00522. The number of rotatable bonds is 16. The summed E-state index contributed by atoms with van der Waals surface area (Å²) in [6.45, 7) is 6.00. The van der Waals surface area contributed by atoms with Crippen molar-refractivity contribution >= 4 is 72.9 Å². The summed E-state index contributed by atoms with van der Waals surface area (Å²) in [6, 6.07) is 38.0. The number of nitrogens with two attached hydrogens (primary N) is 1. The number of anilines is 5. The molecule has 1 aromatic heterocycles. The van der Waals surface area contributed by atoms with Gasteiger partial charge in [0.2, 0.25) is 0 Å². The highest BCUT2D eigenvalue weighted by atomic mass is 35.5. The molecule has 5 aromatic carbocycles. The van der Waals surface area contributed by atoms with Gasteiger partial charge in [-0.15, -0.1) is 11.8 Å². The number of hydrogen-bond acceptors (Lipinski definition) is 9. The van der Waals surface area contributed by atoms with E-state index >= 15 is 0 Å². The number of piperazine rings is 1. The van der Waals surface area contributed by atoms with Crippen molar-refractivity contribution in [2.45, 2.75) is 34.1 Å². The molecule has 0 radical (unpaired) electrons. The zero-order chi connectivity index (χ0) is 43.3. The minimum Gasteiger partial charge on any atom is -0.397 e. The van der Waals surface area contributed by atoms with Crippen molar-refractivity contribution in [2.24, 2.45) is 7.05 Å². The quantitative estimate of drug-likeness (QED) is 0.0550. The molecule has 0 bridgehead atoms. The van der Waals surface area contributed by atoms with Gasteiger partial charge in [0.05, 0.1) is 26.9 Å². The molecule has 1 aliphatic rings. The highest BCUT2D eigenvalue weighted by Crippen LogP contribution is 2.42. The molecule has 2 heterocycles. The molecule has 1 fully saturated rings. The number of aromatic nitrogens is 1. The fraction of sp³-hybridized carbons (Fsp3) is 0.261. The van der Waals surface area contributed by atoms with E-state index in [1.165, 1.54) is 12.1 Å². The molecular formula is C46H52ClN7O4S3. The van der Waals surface area contributed by atoms with E-state index in [9.17, 15) is 17.2 Å². The van der Waals surface area contributed by atoms with Gasteiger partial charge in [0.25, 0.3) is 10.0 Å². The lowest BCUT2D eigenvalue weighted by molar-refractivity contribution is 0.391. The van der Waals surface area contributed by atoms with E-state index in [1.54, 1.807) is 30.0 Å². The molecule has 61 heavy (non-hydrogen) atoms. The summed E-state index contributed by atoms with van der Waals surface area (Å²) in [6.07, 6.45) is 0.781. The average molecular weight is 899 g/mol. The number of benzene rings is 5. The Hall–Kier alpha value is -4.96. The van der Waals surface area contributed by atoms with Gasteiger partial charge in [-0.3, -0.25) is 4.72 Å². The van der Waals surface area contributed by atoms with Crippen molar-refractivity contribution in [1.82, 2.24) is 9.47 Å². The summed E-state index contributed by atoms with van der Waals surface area (Å²) < 4.78 is 54.9. The second-order valence-electron chi connectivity index (χ2n) is 15.4. The molecule has 6 aromatic rings. The topological polar surface area (TPSA) is 136 Å². The highest BCUT2D eigenvalue weighted by molar-refractivity contribution is 7.99. The fourth-order valence-electron chi connectivity index (χ4n) is 7.58. The van der Waals surface area contributed by atoms with E-state index in [4.69, 9.17) is 17.3 Å². The SMILES string of the molecule is Cc1c(N)c(-c2cccc(N3CCN(c4ccc(NS(=O)(=O)c5ccc(N[C@H](CCN(C)C)CSc6ccccc6)c(S(=O)O)c5)cc4)CC3)c2)c(-c2ccc(Cl)cc2)n1C. The van der Waals surface area contributed by atoms with Crippen LogP contribution in [0.5, 0.6) is 0 Å². The summed E-state index contributed by atoms with van der Waals surface area (Å²) in [7, 11) is 1.96. The Kier molecular flexibility index (Phi) is 14.0. The number of thioether (sulfide) groups is 1. The number of hydrogen-bond donors (Lipinski definition) is 4. The van der Waals surface area contributed by atoms with Crippen LogP contribution in [0.4, 0.5) is 28.4 Å². The monoisotopic (exact) mass is 897 g/mol. The molecule has 5 N–H and O–H groups in total. The molecule has 1 unspecified atom stereocenters. The van der Waals surface area contributed by atoms with E-state index < -0.39 is 21.1 Å². The van der Waals surface area contributed by atoms with Crippen molar-refractivity contribution in [2.75, 3.05) is 78.1 Å². The maximum atomic E-state index is 13.6. The Morgan fingerprint density at radius 3 is 2.18 bits per heavy atom. The summed E-state index contributed by atoms with van der Waals surface area (Å²) in [5.74, 6) is 0.716. The first-order chi connectivity index (χ1) is 29.3. The minimum atomic E-state index is -4.07. The van der Waals surface area contributed by atoms with Crippen LogP contribution in [-0.2, 0) is 28.2 Å². The standard InChI is InChI=1S/C46H52ClN7O4S3/c1-32-45(48)44(46(52(32)4)33-13-15-35(47)16-14-33)34-9-8-10-39(29-34)54-27-25-53(26-28-54)38-19-17-36(18-20-38)50-61(57,58)41-21-22-42(43(30-41)60(55)56)49-37(23-24-51(2)3)31-59-40-11-6-5-7-12-40/h5-22,29-30,37,49-50H,23-28,31,48H2,1-4H3,(H,55,56)/t37-/m1/s1. The molecule has 0 aliphatic carbocycles. The first-order valence-electron chi connectivity index (χ1n) is 20.1. The molecular weight excluding hydrogens is 846 g/mol. The van der Waals surface area contributed by atoms with Crippen molar-refractivity contribution in [1.29, 1.82) is 0 Å². The average Bonchev–Trinajstić information content (AvgIpc) is 3.49. The number of nitrogens with zero attached hydrogens (tertiary/aromatic N) is 4. The van der Waals surface area contributed by atoms with E-state index in [1.807, 2.05) is 94.8 Å². The third-order valence-electron chi connectivity index (χ3n) is 11.0. The number of nitrogens with one attached hydrogen (secondary N) is 2. The molecule has 0 amide bonds. The molecule has 1 aliphatic heterocycles. The van der Waals surface area contributed by atoms with Gasteiger partial charge in [-0.25, -0.2) is 12.6 Å². The van der Waals surface area contributed by atoms with Gasteiger partial charge in [-0.2, -0.15) is 0 Å². The Bertz CT molecular complexity index is 2580. The van der Waals surface area contributed by atoms with Crippen molar-refractivity contribution < 1.29 is 17.2 Å². The van der Waals surface area contributed by atoms with Crippen LogP contribution >= 0.6 is 23.4 Å². The molecule has 0 spiro atoms. The van der Waals surface area contributed by atoms with Gasteiger partial charge in [-0.1, -0.05) is 54.1 Å². The number of halogens is 1. The zero-order valence-electron chi connectivity index (χ0n) is 34.7. The van der Waals surface area contributed by atoms with E-state index in [2.05, 4.69) is 53.6 Å². The third-order valence-corrected chi connectivity index (χ3v) is 14.6. The van der Waals surface area contributed by atoms with Crippen LogP contribution in [0, 0.1) is 6.92 Å². The Labute approximate surface area is 371 Å². The fourth-order valence-corrected chi connectivity index (χ4v) is 10.4. The van der Waals surface area contributed by atoms with Gasteiger partial charge < -0.3 is 34.9 Å². The molecule has 0 saturated carbocycles. The summed E-state index contributed by atoms with van der Waals surface area (Å²) in [5, 5.41) is 4.11. The lowest BCUT2D eigenvalue weighted by atomic mass is 9.99. The maximum Gasteiger partial charge on any atom is 0.261 e. The van der Waals surface area contributed by atoms with Crippen LogP contribution in [0.3, 0.4) is 0 Å². The highest BCUT2D eigenvalue weighted by Gasteiger charge is 2.24. The number of nitrogen functional groups attached to an aromatic ring is 1. The van der Waals surface area contributed by atoms with Crippen molar-refractivity contribution in [3.8, 4) is 22.4 Å². The van der Waals surface area contributed by atoms with Crippen LogP contribution in [-0.4, -0.2) is 85.3 Å². The molecule has 1 saturated heterocycles. The van der Waals surface area contributed by atoms with Crippen LogP contribution in [0.1, 0.15) is 12.1 Å². The van der Waals surface area contributed by atoms with E-state index in [0.29, 0.717) is 22.2 Å². The van der Waals surface area contributed by atoms with E-state index in [-0.39, 0.29) is 15.8 Å². The molecule has 320 valence electrons. The van der Waals surface area contributed by atoms with Crippen LogP contribution in [0.2, 0.25) is 5.02 Å². The van der Waals surface area contributed by atoms with E-state index in [0.717, 1.165) is 89.2 Å². The zero-order valence-corrected chi connectivity index (χ0v) is 37.9. The molecule has 15 heteroatoms. The first-order valence-corrected chi connectivity index (χ1v) is 24.0. The van der Waals surface area contributed by atoms with Crippen molar-refractivity contribution in [3.63, 3.8) is 0 Å². The van der Waals surface area contributed by atoms with Gasteiger partial charge in [0.15, 0.2) is 11.1 Å². The Morgan fingerprint density at radius 2 is 1.52 bits per heavy atom. The van der Waals surface area contributed by atoms with Crippen LogP contribution in [0.15, 0.2) is 136 Å². The predicted molar refractivity (Wildman–Crippen MR) is 255 cm³/mol. The van der Waals surface area contributed by atoms with Crippen molar-refractivity contribution in [3.05, 3.63) is 132 Å². The van der Waals surface area contributed by atoms with Crippen LogP contribution < -0.4 is 25.6 Å². The lowest BCUT2D eigenvalue weighted by Crippen LogP contribution is -2.46.